The molecule has 82 heavy (non-hydrogen) atoms. The van der Waals surface area contributed by atoms with Gasteiger partial charge < -0.3 is 14.7 Å². The zero-order chi connectivity index (χ0) is 56.1. The van der Waals surface area contributed by atoms with Crippen molar-refractivity contribution >= 4 is 74.3 Å². The Balaban J connectivity index is 1.05. The Kier molecular flexibility index (Phi) is 11.2. The third kappa shape index (κ3) is 7.42. The summed E-state index contributed by atoms with van der Waals surface area (Å²) in [5.41, 5.74) is 29.2. The number of fused-ring (bicyclic) bond motifs is 9. The topological polar surface area (TPSA) is 9.72 Å². The van der Waals surface area contributed by atoms with Crippen LogP contribution in [-0.4, -0.2) is 6.71 Å². The van der Waals surface area contributed by atoms with Crippen LogP contribution in [0.25, 0.3) is 11.1 Å². The molecule has 5 aliphatic rings. The average Bonchev–Trinajstić information content (AvgIpc) is 2.02. The smallest absolute Gasteiger partial charge is 0.252 e. The lowest BCUT2D eigenvalue weighted by Crippen LogP contribution is -2.62. The van der Waals surface area contributed by atoms with Crippen LogP contribution >= 0.6 is 0 Å². The van der Waals surface area contributed by atoms with Crippen molar-refractivity contribution in [2.24, 2.45) is 0 Å². The fourth-order valence-corrected chi connectivity index (χ4v) is 15.8. The minimum atomic E-state index is -0.568. The monoisotopic (exact) mass is 1060 g/mol. The molecule has 2 aliphatic heterocycles. The van der Waals surface area contributed by atoms with Crippen LogP contribution in [0.1, 0.15) is 131 Å². The zero-order valence-corrected chi connectivity index (χ0v) is 49.1. The van der Waals surface area contributed by atoms with Crippen LogP contribution in [0.4, 0.5) is 51.2 Å². The van der Waals surface area contributed by atoms with E-state index in [0.29, 0.717) is 0 Å². The quantitative estimate of drug-likeness (QED) is 0.147. The standard InChI is InChI=1S/C78H72BN3/c1-51-44-71-73-72(45-51)82(57-35-38-62-64(47-57)75(4,5)41-40-74(62,2)3)70-50-66-65(76(6,7)42-43-77(66,8)9)49-68(70)79(73)67-39-36-58(80(54-28-18-12-19-29-54)55-30-20-13-21-31-55)48-69(67)81(71)56-34-37-60-59-32-22-23-33-61(59)78(63(60)46-56,52-24-14-10-15-25-52)53-26-16-11-17-27-53/h10-39,44-50H,40-43H2,1-9H3. The summed E-state index contributed by atoms with van der Waals surface area (Å²) in [5, 5.41) is 0. The fraction of sp³-hybridized carbons (Fsp3) is 0.231. The molecule has 3 nitrogen and oxygen atoms in total. The lowest BCUT2D eigenvalue weighted by molar-refractivity contribution is 0.332. The Morgan fingerprint density at radius 2 is 0.793 bits per heavy atom. The van der Waals surface area contributed by atoms with Gasteiger partial charge in [-0.25, -0.2) is 0 Å². The molecule has 15 rings (SSSR count). The first kappa shape index (κ1) is 50.6. The van der Waals surface area contributed by atoms with Gasteiger partial charge in [-0.3, -0.25) is 0 Å². The predicted molar refractivity (Wildman–Crippen MR) is 348 cm³/mol. The van der Waals surface area contributed by atoms with E-state index in [4.69, 9.17) is 0 Å². The molecule has 0 radical (unpaired) electrons. The maximum absolute atomic E-state index is 2.70. The molecule has 0 bridgehead atoms. The Hall–Kier alpha value is -8.34. The number of hydrogen-bond acceptors (Lipinski definition) is 3. The molecule has 10 aromatic carbocycles. The van der Waals surface area contributed by atoms with E-state index in [9.17, 15) is 0 Å². The predicted octanol–water partition coefficient (Wildman–Crippen LogP) is 18.6. The van der Waals surface area contributed by atoms with Crippen molar-refractivity contribution in [1.82, 2.24) is 0 Å². The van der Waals surface area contributed by atoms with Gasteiger partial charge in [0.25, 0.3) is 6.71 Å². The van der Waals surface area contributed by atoms with E-state index in [0.717, 1.165) is 42.0 Å². The van der Waals surface area contributed by atoms with Gasteiger partial charge in [-0.2, -0.15) is 0 Å². The van der Waals surface area contributed by atoms with Crippen molar-refractivity contribution in [2.45, 2.75) is 115 Å². The molecule has 402 valence electrons. The van der Waals surface area contributed by atoms with Crippen molar-refractivity contribution in [1.29, 1.82) is 0 Å². The number of rotatable bonds is 7. The van der Waals surface area contributed by atoms with E-state index in [2.05, 4.69) is 301 Å². The van der Waals surface area contributed by atoms with Gasteiger partial charge in [0.2, 0.25) is 0 Å². The van der Waals surface area contributed by atoms with Crippen LogP contribution in [0.2, 0.25) is 0 Å². The minimum absolute atomic E-state index is 0.00772. The lowest BCUT2D eigenvalue weighted by Gasteiger charge is -2.48. The SMILES string of the molecule is Cc1cc2c3c(c1)N(c1ccc4c(c1)C(C)(C)CCC4(C)C)c1cc4c(cc1B3c1ccc(N(c3ccccc3)c3ccccc3)cc1N2c1ccc2c(c1)C(c1ccccc1)(c1ccccc1)c1ccccc1-2)C(C)(C)CCC4(C)C. The molecule has 0 N–H and O–H groups in total. The Labute approximate surface area is 487 Å². The summed E-state index contributed by atoms with van der Waals surface area (Å²) in [5.74, 6) is 0. The van der Waals surface area contributed by atoms with Crippen LogP contribution < -0.4 is 31.1 Å². The molecule has 10 aromatic rings. The third-order valence-electron chi connectivity index (χ3n) is 20.3. The van der Waals surface area contributed by atoms with E-state index in [-0.39, 0.29) is 28.4 Å². The van der Waals surface area contributed by atoms with E-state index in [1.54, 1.807) is 0 Å². The van der Waals surface area contributed by atoms with Gasteiger partial charge in [0.15, 0.2) is 0 Å². The lowest BCUT2D eigenvalue weighted by atomic mass is 9.33. The van der Waals surface area contributed by atoms with Crippen LogP contribution in [0.3, 0.4) is 0 Å². The van der Waals surface area contributed by atoms with Gasteiger partial charge in [-0.15, -0.1) is 0 Å². The first-order valence-corrected chi connectivity index (χ1v) is 30.0. The van der Waals surface area contributed by atoms with Crippen molar-refractivity contribution in [3.63, 3.8) is 0 Å². The van der Waals surface area contributed by atoms with Gasteiger partial charge in [0.05, 0.1) is 5.41 Å². The van der Waals surface area contributed by atoms with Crippen molar-refractivity contribution in [2.75, 3.05) is 14.7 Å². The average molecular weight is 1060 g/mol. The first-order chi connectivity index (χ1) is 39.5. The fourth-order valence-electron chi connectivity index (χ4n) is 15.8. The highest BCUT2D eigenvalue weighted by atomic mass is 15.2. The number of anilines is 9. The van der Waals surface area contributed by atoms with Crippen LogP contribution in [0, 0.1) is 6.92 Å². The molecular formula is C78H72BN3. The molecule has 0 amide bonds. The third-order valence-corrected chi connectivity index (χ3v) is 20.3. The largest absolute Gasteiger partial charge is 0.311 e. The number of para-hydroxylation sites is 2. The van der Waals surface area contributed by atoms with Crippen LogP contribution in [0.15, 0.2) is 224 Å². The molecule has 0 aromatic heterocycles. The van der Waals surface area contributed by atoms with Gasteiger partial charge in [-0.1, -0.05) is 201 Å². The number of aryl methyl sites for hydroxylation is 1. The second-order valence-electron chi connectivity index (χ2n) is 27.0. The molecular weight excluding hydrogens is 990 g/mol. The second-order valence-corrected chi connectivity index (χ2v) is 27.0. The number of benzene rings is 10. The summed E-state index contributed by atoms with van der Waals surface area (Å²) in [4.78, 5) is 7.79. The molecule has 0 atom stereocenters. The maximum atomic E-state index is 2.70. The highest BCUT2D eigenvalue weighted by Crippen LogP contribution is 2.59. The number of hydrogen-bond donors (Lipinski definition) is 0. The highest BCUT2D eigenvalue weighted by Gasteiger charge is 2.50. The molecule has 0 fully saturated rings. The Morgan fingerprint density at radius 1 is 0.341 bits per heavy atom. The van der Waals surface area contributed by atoms with E-state index < -0.39 is 5.41 Å². The highest BCUT2D eigenvalue weighted by molar-refractivity contribution is 7.00. The second kappa shape index (κ2) is 18.1. The molecule has 4 heteroatoms. The summed E-state index contributed by atoms with van der Waals surface area (Å²) in [6, 6.07) is 86.2. The molecule has 3 aliphatic carbocycles. The Bertz CT molecular complexity index is 4110. The molecule has 0 saturated carbocycles. The summed E-state index contributed by atoms with van der Waals surface area (Å²) >= 11 is 0. The van der Waals surface area contributed by atoms with Gasteiger partial charge in [0, 0.05) is 51.2 Å². The maximum Gasteiger partial charge on any atom is 0.252 e. The van der Waals surface area contributed by atoms with Crippen LogP contribution in [-0.2, 0) is 27.1 Å². The molecule has 0 saturated heterocycles. The molecule has 2 heterocycles. The van der Waals surface area contributed by atoms with Crippen LogP contribution in [0.5, 0.6) is 0 Å². The summed E-state index contributed by atoms with van der Waals surface area (Å²) in [7, 11) is 0. The summed E-state index contributed by atoms with van der Waals surface area (Å²) in [6.07, 6.45) is 4.64. The molecule has 0 spiro atoms. The van der Waals surface area contributed by atoms with E-state index in [1.807, 2.05) is 0 Å². The number of nitrogens with zero attached hydrogens (tertiary/aromatic N) is 3. The van der Waals surface area contributed by atoms with Gasteiger partial charge in [-0.05, 0) is 211 Å². The first-order valence-electron chi connectivity index (χ1n) is 30.0. The molecule has 0 unspecified atom stereocenters. The zero-order valence-electron chi connectivity index (χ0n) is 49.1. The van der Waals surface area contributed by atoms with E-state index >= 15 is 0 Å². The van der Waals surface area contributed by atoms with Crippen molar-refractivity contribution < 1.29 is 0 Å². The van der Waals surface area contributed by atoms with E-state index in [1.165, 1.54) is 112 Å². The minimum Gasteiger partial charge on any atom is -0.311 e. The van der Waals surface area contributed by atoms with Crippen molar-refractivity contribution in [3.8, 4) is 11.1 Å². The normalized spacial score (nSPS) is 17.5. The Morgan fingerprint density at radius 3 is 1.37 bits per heavy atom. The van der Waals surface area contributed by atoms with Crippen molar-refractivity contribution in [3.05, 3.63) is 275 Å². The van der Waals surface area contributed by atoms with Gasteiger partial charge >= 0.3 is 0 Å². The summed E-state index contributed by atoms with van der Waals surface area (Å²) < 4.78 is 0. The summed E-state index contributed by atoms with van der Waals surface area (Å²) in [6.45, 7) is 22.1. The van der Waals surface area contributed by atoms with Gasteiger partial charge in [0.1, 0.15) is 0 Å².